The fraction of sp³-hybridized carbons (Fsp3) is 0.462. The Kier molecular flexibility index (Phi) is 3.82. The fourth-order valence-electron chi connectivity index (χ4n) is 1.67. The molecule has 1 N–H and O–H groups in total. The van der Waals surface area contributed by atoms with Gasteiger partial charge in [-0.1, -0.05) is 19.1 Å². The lowest BCUT2D eigenvalue weighted by atomic mass is 10.1. The molecular formula is C13H17NO3S. The predicted molar refractivity (Wildman–Crippen MR) is 69.0 cm³/mol. The number of nitrogens with one attached hydrogen (secondary N) is 1. The molecule has 0 heterocycles. The van der Waals surface area contributed by atoms with Crippen molar-refractivity contribution in [3.8, 4) is 0 Å². The van der Waals surface area contributed by atoms with Gasteiger partial charge in [-0.25, -0.2) is 13.1 Å². The molecule has 0 atom stereocenters. The van der Waals surface area contributed by atoms with Crippen LogP contribution in [-0.2, 0) is 10.0 Å². The van der Waals surface area contributed by atoms with Gasteiger partial charge in [0, 0.05) is 18.5 Å². The molecule has 2 rings (SSSR count). The van der Waals surface area contributed by atoms with Crippen LogP contribution in [-0.4, -0.2) is 20.7 Å². The summed E-state index contributed by atoms with van der Waals surface area (Å²) in [5.74, 6) is 0.439. The third-order valence-electron chi connectivity index (χ3n) is 3.05. The van der Waals surface area contributed by atoms with Gasteiger partial charge in [-0.2, -0.15) is 0 Å². The van der Waals surface area contributed by atoms with E-state index >= 15 is 0 Å². The van der Waals surface area contributed by atoms with Crippen molar-refractivity contribution >= 4 is 15.8 Å². The Hall–Kier alpha value is -1.20. The first kappa shape index (κ1) is 13.2. The van der Waals surface area contributed by atoms with Crippen LogP contribution in [0.4, 0.5) is 0 Å². The highest BCUT2D eigenvalue weighted by Crippen LogP contribution is 2.28. The molecule has 18 heavy (non-hydrogen) atoms. The van der Waals surface area contributed by atoms with Gasteiger partial charge in [0.2, 0.25) is 10.0 Å². The first-order valence-electron chi connectivity index (χ1n) is 6.16. The first-order valence-corrected chi connectivity index (χ1v) is 7.64. The number of carbonyl (C=O) groups excluding carboxylic acids is 1. The summed E-state index contributed by atoms with van der Waals surface area (Å²) < 4.78 is 26.6. The van der Waals surface area contributed by atoms with E-state index in [2.05, 4.69) is 4.72 Å². The molecule has 1 aromatic rings. The Morgan fingerprint density at radius 2 is 2.11 bits per heavy atom. The van der Waals surface area contributed by atoms with Crippen molar-refractivity contribution in [2.45, 2.75) is 31.1 Å². The molecule has 4 nitrogen and oxygen atoms in total. The van der Waals surface area contributed by atoms with Crippen LogP contribution in [0.25, 0.3) is 0 Å². The van der Waals surface area contributed by atoms with Gasteiger partial charge in [0.15, 0.2) is 5.78 Å². The molecule has 0 spiro atoms. The topological polar surface area (TPSA) is 63.2 Å². The number of Topliss-reactive ketones (excluding diaryl/α,β-unsaturated/α-hetero) is 1. The van der Waals surface area contributed by atoms with Gasteiger partial charge in [0.05, 0.1) is 4.90 Å². The zero-order valence-corrected chi connectivity index (χ0v) is 11.2. The van der Waals surface area contributed by atoms with Crippen LogP contribution >= 0.6 is 0 Å². The minimum atomic E-state index is -3.48. The lowest BCUT2D eigenvalue weighted by Crippen LogP contribution is -2.26. The van der Waals surface area contributed by atoms with Crippen LogP contribution in [0.5, 0.6) is 0 Å². The van der Waals surface area contributed by atoms with E-state index in [-0.39, 0.29) is 10.7 Å². The Labute approximate surface area is 107 Å². The SMILES string of the molecule is CCC(=O)c1cccc(S(=O)(=O)NCC2CC2)c1. The first-order chi connectivity index (χ1) is 8.53. The summed E-state index contributed by atoms with van der Waals surface area (Å²) in [6.07, 6.45) is 2.56. The molecular weight excluding hydrogens is 250 g/mol. The van der Waals surface area contributed by atoms with E-state index in [0.717, 1.165) is 12.8 Å². The number of rotatable bonds is 6. The zero-order valence-electron chi connectivity index (χ0n) is 10.3. The number of sulfonamides is 1. The van der Waals surface area contributed by atoms with Crippen molar-refractivity contribution in [1.29, 1.82) is 0 Å². The standard InChI is InChI=1S/C13H17NO3S/c1-2-13(15)11-4-3-5-12(8-11)18(16,17)14-9-10-6-7-10/h3-5,8,10,14H,2,6-7,9H2,1H3. The summed E-state index contributed by atoms with van der Waals surface area (Å²) in [5, 5.41) is 0. The summed E-state index contributed by atoms with van der Waals surface area (Å²) in [7, 11) is -3.48. The highest BCUT2D eigenvalue weighted by atomic mass is 32.2. The van der Waals surface area contributed by atoms with E-state index in [4.69, 9.17) is 0 Å². The smallest absolute Gasteiger partial charge is 0.240 e. The molecule has 1 saturated carbocycles. The van der Waals surface area contributed by atoms with Crippen molar-refractivity contribution in [2.24, 2.45) is 5.92 Å². The zero-order chi connectivity index (χ0) is 13.2. The average Bonchev–Trinajstić information content (AvgIpc) is 3.20. The Morgan fingerprint density at radius 3 is 2.72 bits per heavy atom. The van der Waals surface area contributed by atoms with Gasteiger partial charge in [-0.3, -0.25) is 4.79 Å². The molecule has 1 fully saturated rings. The van der Waals surface area contributed by atoms with E-state index < -0.39 is 10.0 Å². The highest BCUT2D eigenvalue weighted by molar-refractivity contribution is 7.89. The van der Waals surface area contributed by atoms with Gasteiger partial charge in [-0.15, -0.1) is 0 Å². The Morgan fingerprint density at radius 1 is 1.39 bits per heavy atom. The fourth-order valence-corrected chi connectivity index (χ4v) is 2.84. The van der Waals surface area contributed by atoms with Crippen LogP contribution in [0.15, 0.2) is 29.2 Å². The van der Waals surface area contributed by atoms with Gasteiger partial charge in [0.1, 0.15) is 0 Å². The van der Waals surface area contributed by atoms with Crippen LogP contribution in [0.3, 0.4) is 0 Å². The van der Waals surface area contributed by atoms with E-state index in [9.17, 15) is 13.2 Å². The molecule has 5 heteroatoms. The minimum Gasteiger partial charge on any atom is -0.294 e. The summed E-state index contributed by atoms with van der Waals surface area (Å²) in [5.41, 5.74) is 0.451. The highest BCUT2D eigenvalue weighted by Gasteiger charge is 2.24. The van der Waals surface area contributed by atoms with Gasteiger partial charge in [0.25, 0.3) is 0 Å². The predicted octanol–water partition coefficient (Wildman–Crippen LogP) is 1.97. The molecule has 0 aliphatic heterocycles. The summed E-state index contributed by atoms with van der Waals surface area (Å²) in [4.78, 5) is 11.7. The maximum absolute atomic E-state index is 12.0. The van der Waals surface area contributed by atoms with Crippen molar-refractivity contribution < 1.29 is 13.2 Å². The van der Waals surface area contributed by atoms with E-state index in [1.165, 1.54) is 12.1 Å². The average molecular weight is 267 g/mol. The molecule has 0 aromatic heterocycles. The van der Waals surface area contributed by atoms with E-state index in [0.29, 0.717) is 24.4 Å². The summed E-state index contributed by atoms with van der Waals surface area (Å²) in [6, 6.07) is 6.21. The lowest BCUT2D eigenvalue weighted by Gasteiger charge is -2.07. The van der Waals surface area contributed by atoms with Crippen LogP contribution < -0.4 is 4.72 Å². The van der Waals surface area contributed by atoms with Crippen LogP contribution in [0.1, 0.15) is 36.5 Å². The molecule has 0 unspecified atom stereocenters. The quantitative estimate of drug-likeness (QED) is 0.801. The van der Waals surface area contributed by atoms with Gasteiger partial charge in [-0.05, 0) is 30.9 Å². The maximum atomic E-state index is 12.0. The molecule has 1 aromatic carbocycles. The molecule has 98 valence electrons. The van der Waals surface area contributed by atoms with Gasteiger partial charge < -0.3 is 0 Å². The largest absolute Gasteiger partial charge is 0.294 e. The minimum absolute atomic E-state index is 0.0470. The van der Waals surface area contributed by atoms with E-state index in [1.54, 1.807) is 19.1 Å². The Bertz CT molecular complexity index is 547. The summed E-state index contributed by atoms with van der Waals surface area (Å²) >= 11 is 0. The number of ketones is 1. The third kappa shape index (κ3) is 3.17. The number of benzene rings is 1. The second-order valence-corrected chi connectivity index (χ2v) is 6.37. The molecule has 0 saturated heterocycles. The van der Waals surface area contributed by atoms with Crippen molar-refractivity contribution in [3.05, 3.63) is 29.8 Å². The Balaban J connectivity index is 2.17. The number of hydrogen-bond donors (Lipinski definition) is 1. The monoisotopic (exact) mass is 267 g/mol. The molecule has 1 aliphatic carbocycles. The van der Waals surface area contributed by atoms with E-state index in [1.807, 2.05) is 0 Å². The van der Waals surface area contributed by atoms with Crippen molar-refractivity contribution in [2.75, 3.05) is 6.54 Å². The van der Waals surface area contributed by atoms with Crippen LogP contribution in [0.2, 0.25) is 0 Å². The van der Waals surface area contributed by atoms with Gasteiger partial charge >= 0.3 is 0 Å². The second kappa shape index (κ2) is 5.20. The molecule has 0 radical (unpaired) electrons. The molecule has 0 bridgehead atoms. The van der Waals surface area contributed by atoms with Crippen LogP contribution in [0, 0.1) is 5.92 Å². The molecule has 1 aliphatic rings. The second-order valence-electron chi connectivity index (χ2n) is 4.60. The maximum Gasteiger partial charge on any atom is 0.240 e. The number of hydrogen-bond acceptors (Lipinski definition) is 3. The third-order valence-corrected chi connectivity index (χ3v) is 4.47. The normalized spacial score (nSPS) is 15.6. The lowest BCUT2D eigenvalue weighted by molar-refractivity contribution is 0.0988. The number of carbonyl (C=O) groups is 1. The van der Waals surface area contributed by atoms with Crippen molar-refractivity contribution in [3.63, 3.8) is 0 Å². The molecule has 0 amide bonds. The van der Waals surface area contributed by atoms with Crippen molar-refractivity contribution in [1.82, 2.24) is 4.72 Å². The summed E-state index contributed by atoms with van der Waals surface area (Å²) in [6.45, 7) is 2.25.